The van der Waals surface area contributed by atoms with E-state index in [4.69, 9.17) is 0 Å². The second kappa shape index (κ2) is 5.63. The van der Waals surface area contributed by atoms with E-state index in [-0.39, 0.29) is 12.1 Å². The molecule has 4 heteroatoms. The molecule has 0 unspecified atom stereocenters. The second-order valence-electron chi connectivity index (χ2n) is 6.25. The molecule has 1 heterocycles. The molecule has 0 aliphatic heterocycles. The monoisotopic (exact) mass is 265 g/mol. The highest BCUT2D eigenvalue weighted by atomic mass is 16.3. The molecule has 0 saturated heterocycles. The number of nitrogens with zero attached hydrogens (tertiary/aromatic N) is 2. The van der Waals surface area contributed by atoms with E-state index in [2.05, 4.69) is 31.2 Å². The summed E-state index contributed by atoms with van der Waals surface area (Å²) < 4.78 is 1.93. The number of nitrogens with one attached hydrogen (secondary N) is 1. The van der Waals surface area contributed by atoms with Crippen molar-refractivity contribution in [2.24, 2.45) is 13.0 Å². The number of aliphatic hydroxyl groups excluding tert-OH is 1. The average Bonchev–Trinajstić information content (AvgIpc) is 2.64. The summed E-state index contributed by atoms with van der Waals surface area (Å²) in [5, 5.41) is 17.8. The van der Waals surface area contributed by atoms with Gasteiger partial charge in [-0.3, -0.25) is 4.68 Å². The number of hydrogen-bond acceptors (Lipinski definition) is 3. The van der Waals surface area contributed by atoms with Gasteiger partial charge < -0.3 is 10.4 Å². The van der Waals surface area contributed by atoms with Gasteiger partial charge >= 0.3 is 0 Å². The Morgan fingerprint density at radius 1 is 1.37 bits per heavy atom. The first-order chi connectivity index (χ1) is 8.97. The van der Waals surface area contributed by atoms with Crippen LogP contribution in [0, 0.1) is 19.8 Å². The van der Waals surface area contributed by atoms with E-state index in [0.29, 0.717) is 0 Å². The summed E-state index contributed by atoms with van der Waals surface area (Å²) in [4.78, 5) is 0. The Morgan fingerprint density at radius 2 is 2.00 bits per heavy atom. The van der Waals surface area contributed by atoms with Crippen LogP contribution in [0.2, 0.25) is 0 Å². The predicted octanol–water partition coefficient (Wildman–Crippen LogP) is 2.07. The van der Waals surface area contributed by atoms with Gasteiger partial charge in [-0.15, -0.1) is 0 Å². The summed E-state index contributed by atoms with van der Waals surface area (Å²) in [7, 11) is 1.98. The van der Waals surface area contributed by atoms with Crippen molar-refractivity contribution in [1.29, 1.82) is 0 Å². The first-order valence-electron chi connectivity index (χ1n) is 7.32. The summed E-state index contributed by atoms with van der Waals surface area (Å²) in [6.45, 7) is 7.50. The van der Waals surface area contributed by atoms with Crippen LogP contribution in [-0.2, 0) is 13.6 Å². The zero-order chi connectivity index (χ0) is 14.0. The lowest BCUT2D eigenvalue weighted by Gasteiger charge is -2.39. The number of aromatic nitrogens is 2. The van der Waals surface area contributed by atoms with E-state index < -0.39 is 0 Å². The lowest BCUT2D eigenvalue weighted by molar-refractivity contribution is 0.104. The third-order valence-electron chi connectivity index (χ3n) is 4.83. The highest BCUT2D eigenvalue weighted by Crippen LogP contribution is 2.32. The van der Waals surface area contributed by atoms with Crippen molar-refractivity contribution in [3.63, 3.8) is 0 Å². The fourth-order valence-electron chi connectivity index (χ4n) is 3.05. The third-order valence-corrected chi connectivity index (χ3v) is 4.83. The molecular formula is C15H27N3O. The Kier molecular flexibility index (Phi) is 4.31. The van der Waals surface area contributed by atoms with E-state index in [1.54, 1.807) is 0 Å². The van der Waals surface area contributed by atoms with E-state index in [9.17, 15) is 5.11 Å². The normalized spacial score (nSPS) is 27.7. The number of aliphatic hydroxyl groups is 1. The number of hydrogen-bond donors (Lipinski definition) is 2. The summed E-state index contributed by atoms with van der Waals surface area (Å²) >= 11 is 0. The van der Waals surface area contributed by atoms with Gasteiger partial charge in [0.15, 0.2) is 0 Å². The Balaban J connectivity index is 2.04. The lowest BCUT2D eigenvalue weighted by atomic mass is 9.77. The lowest BCUT2D eigenvalue weighted by Crippen LogP contribution is -2.50. The Hall–Kier alpha value is -0.870. The fourth-order valence-corrected chi connectivity index (χ4v) is 3.05. The van der Waals surface area contributed by atoms with Crippen LogP contribution in [0.1, 0.15) is 49.6 Å². The molecule has 4 nitrogen and oxygen atoms in total. The molecular weight excluding hydrogens is 238 g/mol. The van der Waals surface area contributed by atoms with E-state index in [1.165, 1.54) is 24.1 Å². The molecule has 19 heavy (non-hydrogen) atoms. The first-order valence-corrected chi connectivity index (χ1v) is 7.32. The molecule has 0 spiro atoms. The van der Waals surface area contributed by atoms with Gasteiger partial charge in [0.25, 0.3) is 0 Å². The minimum Gasteiger partial charge on any atom is -0.394 e. The molecule has 0 atom stereocenters. The zero-order valence-electron chi connectivity index (χ0n) is 12.7. The van der Waals surface area contributed by atoms with E-state index in [0.717, 1.165) is 31.0 Å². The maximum Gasteiger partial charge on any atom is 0.0641 e. The van der Waals surface area contributed by atoms with Crippen LogP contribution in [0.4, 0.5) is 0 Å². The van der Waals surface area contributed by atoms with E-state index in [1.807, 2.05) is 11.7 Å². The summed E-state index contributed by atoms with van der Waals surface area (Å²) in [6.07, 6.45) is 4.56. The topological polar surface area (TPSA) is 50.1 Å². The van der Waals surface area contributed by atoms with Gasteiger partial charge in [0.1, 0.15) is 0 Å². The number of aryl methyl sites for hydroxylation is 2. The van der Waals surface area contributed by atoms with Crippen molar-refractivity contribution in [3.05, 3.63) is 17.0 Å². The number of rotatable bonds is 4. The molecule has 0 amide bonds. The zero-order valence-corrected chi connectivity index (χ0v) is 12.7. The minimum atomic E-state index is -0.0821. The molecule has 2 N–H and O–H groups in total. The summed E-state index contributed by atoms with van der Waals surface area (Å²) in [5.41, 5.74) is 3.49. The standard InChI is InChI=1S/C15H27N3O/c1-11-5-7-15(10-19,8-6-11)16-9-14-12(2)17-18(4)13(14)3/h11,16,19H,5-10H2,1-4H3. The minimum absolute atomic E-state index is 0.0821. The van der Waals surface area contributed by atoms with Gasteiger partial charge in [0.2, 0.25) is 0 Å². The van der Waals surface area contributed by atoms with Crippen LogP contribution in [-0.4, -0.2) is 27.0 Å². The van der Waals surface area contributed by atoms with Crippen molar-refractivity contribution in [2.75, 3.05) is 6.61 Å². The van der Waals surface area contributed by atoms with Crippen molar-refractivity contribution < 1.29 is 5.11 Å². The molecule has 1 aliphatic rings. The molecule has 1 fully saturated rings. The van der Waals surface area contributed by atoms with Crippen molar-refractivity contribution in [2.45, 2.75) is 58.5 Å². The molecule has 0 aromatic carbocycles. The molecule has 1 saturated carbocycles. The highest BCUT2D eigenvalue weighted by molar-refractivity contribution is 5.24. The Morgan fingerprint density at radius 3 is 2.47 bits per heavy atom. The van der Waals surface area contributed by atoms with E-state index >= 15 is 0 Å². The highest BCUT2D eigenvalue weighted by Gasteiger charge is 2.33. The van der Waals surface area contributed by atoms with Gasteiger partial charge in [-0.05, 0) is 45.4 Å². The van der Waals surface area contributed by atoms with Crippen LogP contribution in [0.15, 0.2) is 0 Å². The third kappa shape index (κ3) is 3.00. The largest absolute Gasteiger partial charge is 0.394 e. The Bertz CT molecular complexity index is 431. The van der Waals surface area contributed by atoms with Crippen molar-refractivity contribution >= 4 is 0 Å². The van der Waals surface area contributed by atoms with Gasteiger partial charge in [-0.1, -0.05) is 6.92 Å². The molecule has 108 valence electrons. The van der Waals surface area contributed by atoms with Gasteiger partial charge in [0, 0.05) is 30.4 Å². The second-order valence-corrected chi connectivity index (χ2v) is 6.25. The smallest absolute Gasteiger partial charge is 0.0641 e. The fraction of sp³-hybridized carbons (Fsp3) is 0.800. The molecule has 2 rings (SSSR count). The predicted molar refractivity (Wildman–Crippen MR) is 77.0 cm³/mol. The average molecular weight is 265 g/mol. The van der Waals surface area contributed by atoms with Gasteiger partial charge in [-0.2, -0.15) is 5.10 Å². The van der Waals surface area contributed by atoms with Crippen LogP contribution < -0.4 is 5.32 Å². The van der Waals surface area contributed by atoms with Gasteiger partial charge in [-0.25, -0.2) is 0 Å². The van der Waals surface area contributed by atoms with Crippen LogP contribution in [0.25, 0.3) is 0 Å². The van der Waals surface area contributed by atoms with Gasteiger partial charge in [0.05, 0.1) is 12.3 Å². The van der Waals surface area contributed by atoms with Crippen LogP contribution >= 0.6 is 0 Å². The first kappa shape index (κ1) is 14.5. The summed E-state index contributed by atoms with van der Waals surface area (Å²) in [6, 6.07) is 0. The molecule has 1 aliphatic carbocycles. The van der Waals surface area contributed by atoms with Crippen molar-refractivity contribution in [3.8, 4) is 0 Å². The quantitative estimate of drug-likeness (QED) is 0.876. The maximum absolute atomic E-state index is 9.77. The van der Waals surface area contributed by atoms with Crippen molar-refractivity contribution in [1.82, 2.24) is 15.1 Å². The molecule has 1 aromatic heterocycles. The molecule has 0 bridgehead atoms. The molecule has 0 radical (unpaired) electrons. The summed E-state index contributed by atoms with van der Waals surface area (Å²) in [5.74, 6) is 0.795. The maximum atomic E-state index is 9.77. The van der Waals surface area contributed by atoms with Crippen LogP contribution in [0.5, 0.6) is 0 Å². The van der Waals surface area contributed by atoms with Crippen LogP contribution in [0.3, 0.4) is 0 Å². The Labute approximate surface area is 116 Å². The molecule has 1 aromatic rings. The SMILES string of the molecule is Cc1nn(C)c(C)c1CNC1(CO)CCC(C)CC1.